The zero-order valence-electron chi connectivity index (χ0n) is 20.3. The Labute approximate surface area is 215 Å². The van der Waals surface area contributed by atoms with Gasteiger partial charge in [-0.25, -0.2) is 9.78 Å². The minimum Gasteiger partial charge on any atom is -0.445 e. The van der Waals surface area contributed by atoms with Crippen molar-refractivity contribution in [2.45, 2.75) is 51.2 Å². The second-order valence-corrected chi connectivity index (χ2v) is 10.4. The van der Waals surface area contributed by atoms with Gasteiger partial charge in [-0.15, -0.1) is 11.3 Å². The molecule has 36 heavy (non-hydrogen) atoms. The molecule has 7 nitrogen and oxygen atoms in total. The summed E-state index contributed by atoms with van der Waals surface area (Å²) in [6.07, 6.45) is 6.27. The summed E-state index contributed by atoms with van der Waals surface area (Å²) >= 11 is 1.39. The monoisotopic (exact) mass is 504 g/mol. The van der Waals surface area contributed by atoms with Crippen molar-refractivity contribution in [2.75, 3.05) is 23.7 Å². The second-order valence-electron chi connectivity index (χ2n) is 9.53. The molecule has 2 aliphatic rings. The molecule has 1 atom stereocenters. The maximum atomic E-state index is 13.0. The van der Waals surface area contributed by atoms with E-state index in [9.17, 15) is 9.59 Å². The normalized spacial score (nSPS) is 17.8. The van der Waals surface area contributed by atoms with Crippen LogP contribution in [-0.4, -0.2) is 41.0 Å². The van der Waals surface area contributed by atoms with E-state index >= 15 is 0 Å². The molecule has 1 aromatic heterocycles. The number of aromatic nitrogens is 1. The van der Waals surface area contributed by atoms with Crippen molar-refractivity contribution >= 4 is 34.2 Å². The third-order valence-corrected chi connectivity index (χ3v) is 7.74. The van der Waals surface area contributed by atoms with Gasteiger partial charge in [0.05, 0.1) is 5.69 Å². The quantitative estimate of drug-likeness (QED) is 0.384. The number of benzene rings is 2. The molecule has 0 unspecified atom stereocenters. The minimum atomic E-state index is -0.550. The highest BCUT2D eigenvalue weighted by Crippen LogP contribution is 2.28. The van der Waals surface area contributed by atoms with E-state index in [0.717, 1.165) is 41.4 Å². The summed E-state index contributed by atoms with van der Waals surface area (Å²) in [5.74, 6) is 0.562. The highest BCUT2D eigenvalue weighted by molar-refractivity contribution is 7.14. The van der Waals surface area contributed by atoms with Crippen molar-refractivity contribution in [1.29, 1.82) is 0 Å². The van der Waals surface area contributed by atoms with E-state index in [1.165, 1.54) is 41.9 Å². The lowest BCUT2D eigenvalue weighted by atomic mass is 10.1. The molecular formula is C28H32N4O3S. The average molecular weight is 505 g/mol. The van der Waals surface area contributed by atoms with E-state index < -0.39 is 12.1 Å². The molecule has 0 spiro atoms. The summed E-state index contributed by atoms with van der Waals surface area (Å²) in [4.78, 5) is 31.7. The van der Waals surface area contributed by atoms with E-state index in [1.54, 1.807) is 0 Å². The molecule has 1 saturated heterocycles. The first-order valence-corrected chi connectivity index (χ1v) is 13.6. The molecule has 2 fully saturated rings. The summed E-state index contributed by atoms with van der Waals surface area (Å²) in [5.41, 5.74) is 3.86. The number of carbonyl (C=O) groups is 2. The summed E-state index contributed by atoms with van der Waals surface area (Å²) in [5, 5.41) is 8.92. The minimum absolute atomic E-state index is 0.190. The lowest BCUT2D eigenvalue weighted by Crippen LogP contribution is -2.43. The molecule has 3 aromatic rings. The van der Waals surface area contributed by atoms with Gasteiger partial charge >= 0.3 is 6.09 Å². The van der Waals surface area contributed by atoms with Crippen LogP contribution >= 0.6 is 11.3 Å². The van der Waals surface area contributed by atoms with E-state index in [2.05, 4.69) is 39.9 Å². The Kier molecular flexibility index (Phi) is 7.81. The maximum absolute atomic E-state index is 13.0. The Hall–Kier alpha value is -3.39. The lowest BCUT2D eigenvalue weighted by molar-refractivity contribution is -0.120. The zero-order chi connectivity index (χ0) is 24.7. The first-order chi connectivity index (χ1) is 17.7. The Balaban J connectivity index is 1.14. The van der Waals surface area contributed by atoms with Gasteiger partial charge in [-0.3, -0.25) is 9.69 Å². The average Bonchev–Trinajstić information content (AvgIpc) is 3.69. The Morgan fingerprint density at radius 2 is 1.78 bits per heavy atom. The van der Waals surface area contributed by atoms with Crippen molar-refractivity contribution in [3.8, 4) is 11.3 Å². The van der Waals surface area contributed by atoms with Crippen LogP contribution in [0, 0.1) is 5.92 Å². The zero-order valence-corrected chi connectivity index (χ0v) is 21.1. The van der Waals surface area contributed by atoms with Crippen LogP contribution in [0.3, 0.4) is 0 Å². The van der Waals surface area contributed by atoms with Crippen LogP contribution < -0.4 is 10.6 Å². The highest BCUT2D eigenvalue weighted by atomic mass is 32.1. The van der Waals surface area contributed by atoms with Gasteiger partial charge < -0.3 is 15.4 Å². The van der Waals surface area contributed by atoms with E-state index in [-0.39, 0.29) is 12.5 Å². The molecule has 1 saturated carbocycles. The highest BCUT2D eigenvalue weighted by Gasteiger charge is 2.35. The molecule has 2 heterocycles. The summed E-state index contributed by atoms with van der Waals surface area (Å²) < 4.78 is 5.45. The number of nitrogens with one attached hydrogen (secondary N) is 2. The van der Waals surface area contributed by atoms with Gasteiger partial charge in [0.15, 0.2) is 5.13 Å². The molecule has 5 rings (SSSR count). The SMILES string of the molecule is O=C(Nc1nc(-c2ccc(NCC3CCCC3)cc2)cs1)[C@H]1CCCN1C(=O)OCc1ccccc1. The largest absolute Gasteiger partial charge is 0.445 e. The van der Waals surface area contributed by atoms with Crippen LogP contribution in [0.2, 0.25) is 0 Å². The number of hydrogen-bond acceptors (Lipinski definition) is 6. The molecule has 2 amide bonds. The maximum Gasteiger partial charge on any atom is 0.410 e. The second kappa shape index (κ2) is 11.6. The fraction of sp³-hybridized carbons (Fsp3) is 0.393. The topological polar surface area (TPSA) is 83.6 Å². The van der Waals surface area contributed by atoms with Gasteiger partial charge in [-0.1, -0.05) is 55.3 Å². The predicted octanol–water partition coefficient (Wildman–Crippen LogP) is 6.15. The molecular weight excluding hydrogens is 472 g/mol. The third kappa shape index (κ3) is 6.05. The fourth-order valence-corrected chi connectivity index (χ4v) is 5.67. The van der Waals surface area contributed by atoms with Gasteiger partial charge in [-0.2, -0.15) is 0 Å². The number of carbonyl (C=O) groups excluding carboxylic acids is 2. The van der Waals surface area contributed by atoms with Crippen molar-refractivity contribution in [3.63, 3.8) is 0 Å². The summed E-state index contributed by atoms with van der Waals surface area (Å²) in [6.45, 7) is 1.73. The van der Waals surface area contributed by atoms with Crippen LogP contribution in [-0.2, 0) is 16.1 Å². The molecule has 1 aliphatic heterocycles. The molecule has 2 aromatic carbocycles. The van der Waals surface area contributed by atoms with Gasteiger partial charge in [0, 0.05) is 29.7 Å². The van der Waals surface area contributed by atoms with Gasteiger partial charge in [0.25, 0.3) is 0 Å². The fourth-order valence-electron chi connectivity index (χ4n) is 4.95. The van der Waals surface area contributed by atoms with Gasteiger partial charge in [0.2, 0.25) is 5.91 Å². The van der Waals surface area contributed by atoms with Gasteiger partial charge in [0.1, 0.15) is 12.6 Å². The first-order valence-electron chi connectivity index (χ1n) is 12.7. The van der Waals surface area contributed by atoms with Crippen molar-refractivity contribution in [3.05, 3.63) is 65.5 Å². The number of thiazole rings is 1. The van der Waals surface area contributed by atoms with Crippen LogP contribution in [0.1, 0.15) is 44.1 Å². The molecule has 8 heteroatoms. The number of amides is 2. The first kappa shape index (κ1) is 24.3. The molecule has 0 bridgehead atoms. The standard InChI is InChI=1S/C28H32N4O3S/c33-26(25-11-6-16-32(25)28(34)35-18-21-9-2-1-3-10-21)31-27-30-24(19-36-27)22-12-14-23(15-13-22)29-17-20-7-4-5-8-20/h1-3,9-10,12-15,19-20,25,29H,4-8,11,16-18H2,(H,30,31,33)/t25-/m1/s1. The van der Waals surface area contributed by atoms with Crippen LogP contribution in [0.4, 0.5) is 15.6 Å². The van der Waals surface area contributed by atoms with E-state index in [1.807, 2.05) is 35.7 Å². The Morgan fingerprint density at radius 3 is 2.56 bits per heavy atom. The molecule has 188 valence electrons. The van der Waals surface area contributed by atoms with Crippen molar-refractivity contribution in [1.82, 2.24) is 9.88 Å². The van der Waals surface area contributed by atoms with E-state index in [4.69, 9.17) is 4.74 Å². The number of nitrogens with zero attached hydrogens (tertiary/aromatic N) is 2. The summed E-state index contributed by atoms with van der Waals surface area (Å²) in [6, 6.07) is 17.3. The smallest absolute Gasteiger partial charge is 0.410 e. The Morgan fingerprint density at radius 1 is 1.00 bits per heavy atom. The summed E-state index contributed by atoms with van der Waals surface area (Å²) in [7, 11) is 0. The number of rotatable bonds is 8. The van der Waals surface area contributed by atoms with Crippen LogP contribution in [0.15, 0.2) is 60.0 Å². The number of ether oxygens (including phenoxy) is 1. The van der Waals surface area contributed by atoms with Gasteiger partial charge in [-0.05, 0) is 49.3 Å². The molecule has 0 radical (unpaired) electrons. The Bertz CT molecular complexity index is 1160. The number of anilines is 2. The molecule has 1 aliphatic carbocycles. The van der Waals surface area contributed by atoms with Crippen LogP contribution in [0.25, 0.3) is 11.3 Å². The lowest BCUT2D eigenvalue weighted by Gasteiger charge is -2.22. The van der Waals surface area contributed by atoms with Crippen LogP contribution in [0.5, 0.6) is 0 Å². The van der Waals surface area contributed by atoms with Crippen molar-refractivity contribution < 1.29 is 14.3 Å². The third-order valence-electron chi connectivity index (χ3n) is 6.98. The van der Waals surface area contributed by atoms with E-state index in [0.29, 0.717) is 18.1 Å². The number of likely N-dealkylation sites (tertiary alicyclic amines) is 1. The number of hydrogen-bond donors (Lipinski definition) is 2. The van der Waals surface area contributed by atoms with Crippen molar-refractivity contribution in [2.24, 2.45) is 5.92 Å². The molecule has 2 N–H and O–H groups in total. The predicted molar refractivity (Wildman–Crippen MR) is 143 cm³/mol.